The van der Waals surface area contributed by atoms with Crippen molar-refractivity contribution in [3.05, 3.63) is 0 Å². The number of methoxy groups -OCH3 is 1. The van der Waals surface area contributed by atoms with Crippen LogP contribution in [0.1, 0.15) is 12.8 Å². The molecular formula is C10H17NO6S. The van der Waals surface area contributed by atoms with Gasteiger partial charge in [0.25, 0.3) is 0 Å². The smallest absolute Gasteiger partial charge is 0.326 e. The number of rotatable bonds is 6. The molecule has 1 heterocycles. The Kier molecular flexibility index (Phi) is 5.09. The van der Waals surface area contributed by atoms with Gasteiger partial charge in [0.1, 0.15) is 11.8 Å². The van der Waals surface area contributed by atoms with Crippen LogP contribution in [0.2, 0.25) is 0 Å². The van der Waals surface area contributed by atoms with E-state index in [1.54, 1.807) is 0 Å². The molecule has 1 amide bonds. The van der Waals surface area contributed by atoms with Crippen LogP contribution in [-0.2, 0) is 24.2 Å². The Morgan fingerprint density at radius 2 is 2.11 bits per heavy atom. The molecule has 1 aliphatic rings. The lowest BCUT2D eigenvalue weighted by Gasteiger charge is -2.21. The monoisotopic (exact) mass is 279 g/mol. The first-order valence-corrected chi connectivity index (χ1v) is 7.41. The number of likely N-dealkylation sites (tertiary alicyclic amines) is 1. The van der Waals surface area contributed by atoms with Crippen LogP contribution in [0.25, 0.3) is 0 Å². The van der Waals surface area contributed by atoms with Crippen molar-refractivity contribution < 1.29 is 27.9 Å². The quantitative estimate of drug-likeness (QED) is 0.678. The van der Waals surface area contributed by atoms with Gasteiger partial charge in [-0.05, 0) is 12.8 Å². The highest BCUT2D eigenvalue weighted by atomic mass is 32.2. The second kappa shape index (κ2) is 6.14. The summed E-state index contributed by atoms with van der Waals surface area (Å²) < 4.78 is 27.8. The molecule has 0 unspecified atom stereocenters. The maximum atomic E-state index is 11.8. The standard InChI is InChI=1S/C10H17NO6S/c1-17-5-6-18(15,16)7-9(12)11-4-2-3-8(11)10(13)14/h8H,2-7H2,1H3,(H,13,14)/t8-/m0/s1. The molecule has 1 saturated heterocycles. The van der Waals surface area contributed by atoms with Gasteiger partial charge < -0.3 is 14.7 Å². The molecule has 1 N–H and O–H groups in total. The van der Waals surface area contributed by atoms with E-state index in [-0.39, 0.29) is 12.4 Å². The fourth-order valence-electron chi connectivity index (χ4n) is 1.88. The van der Waals surface area contributed by atoms with Crippen LogP contribution in [0.3, 0.4) is 0 Å². The lowest BCUT2D eigenvalue weighted by Crippen LogP contribution is -2.43. The lowest BCUT2D eigenvalue weighted by molar-refractivity contribution is -0.147. The zero-order chi connectivity index (χ0) is 13.8. The molecular weight excluding hydrogens is 262 g/mol. The van der Waals surface area contributed by atoms with Crippen LogP contribution in [-0.4, -0.2) is 68.1 Å². The fraction of sp³-hybridized carbons (Fsp3) is 0.800. The van der Waals surface area contributed by atoms with E-state index in [1.165, 1.54) is 7.11 Å². The largest absolute Gasteiger partial charge is 0.480 e. The number of amides is 1. The molecule has 104 valence electrons. The minimum Gasteiger partial charge on any atom is -0.480 e. The van der Waals surface area contributed by atoms with Crippen molar-refractivity contribution >= 4 is 21.7 Å². The Labute approximate surface area is 106 Å². The Morgan fingerprint density at radius 1 is 1.44 bits per heavy atom. The molecule has 1 rings (SSSR count). The molecule has 0 aromatic rings. The van der Waals surface area contributed by atoms with Crippen LogP contribution < -0.4 is 0 Å². The first-order valence-electron chi connectivity index (χ1n) is 5.59. The van der Waals surface area contributed by atoms with Crippen molar-refractivity contribution in [3.63, 3.8) is 0 Å². The van der Waals surface area contributed by atoms with Gasteiger partial charge in [0.2, 0.25) is 5.91 Å². The summed E-state index contributed by atoms with van der Waals surface area (Å²) >= 11 is 0. The molecule has 0 aromatic carbocycles. The first kappa shape index (κ1) is 14.9. The normalized spacial score (nSPS) is 20.1. The van der Waals surface area contributed by atoms with E-state index in [2.05, 4.69) is 4.74 Å². The van der Waals surface area contributed by atoms with Gasteiger partial charge in [-0.15, -0.1) is 0 Å². The molecule has 8 heteroatoms. The zero-order valence-corrected chi connectivity index (χ0v) is 11.0. The SMILES string of the molecule is COCCS(=O)(=O)CC(=O)N1CCC[C@H]1C(=O)O. The molecule has 0 aliphatic carbocycles. The third-order valence-corrected chi connectivity index (χ3v) is 4.28. The summed E-state index contributed by atoms with van der Waals surface area (Å²) in [5, 5.41) is 8.91. The number of carboxylic acid groups (broad SMARTS) is 1. The first-order chi connectivity index (χ1) is 8.37. The minimum absolute atomic E-state index is 0.0258. The second-order valence-corrected chi connectivity index (χ2v) is 6.35. The highest BCUT2D eigenvalue weighted by molar-refractivity contribution is 7.92. The topological polar surface area (TPSA) is 101 Å². The summed E-state index contributed by atoms with van der Waals surface area (Å²) in [6.45, 7) is 0.327. The summed E-state index contributed by atoms with van der Waals surface area (Å²) in [6.07, 6.45) is 0.958. The Morgan fingerprint density at radius 3 is 2.67 bits per heavy atom. The summed E-state index contributed by atoms with van der Waals surface area (Å²) in [7, 11) is -2.17. The highest BCUT2D eigenvalue weighted by Gasteiger charge is 2.35. The molecule has 0 radical (unpaired) electrons. The van der Waals surface area contributed by atoms with Crippen LogP contribution in [0.5, 0.6) is 0 Å². The van der Waals surface area contributed by atoms with E-state index in [1.807, 2.05) is 0 Å². The van der Waals surface area contributed by atoms with Gasteiger partial charge in [0.15, 0.2) is 9.84 Å². The van der Waals surface area contributed by atoms with Crippen molar-refractivity contribution in [1.29, 1.82) is 0 Å². The number of ether oxygens (including phenoxy) is 1. The van der Waals surface area contributed by atoms with Gasteiger partial charge >= 0.3 is 5.97 Å². The Hall–Kier alpha value is -1.15. The minimum atomic E-state index is -3.54. The Balaban J connectivity index is 2.62. The average Bonchev–Trinajstić information content (AvgIpc) is 2.74. The second-order valence-electron chi connectivity index (χ2n) is 4.17. The van der Waals surface area contributed by atoms with Crippen LogP contribution in [0.4, 0.5) is 0 Å². The number of hydrogen-bond acceptors (Lipinski definition) is 5. The van der Waals surface area contributed by atoms with E-state index >= 15 is 0 Å². The summed E-state index contributed by atoms with van der Waals surface area (Å²) in [5.74, 6) is -2.62. The van der Waals surface area contributed by atoms with Gasteiger partial charge in [-0.2, -0.15) is 0 Å². The molecule has 0 aromatic heterocycles. The highest BCUT2D eigenvalue weighted by Crippen LogP contribution is 2.17. The number of hydrogen-bond donors (Lipinski definition) is 1. The lowest BCUT2D eigenvalue weighted by atomic mass is 10.2. The van der Waals surface area contributed by atoms with Crippen molar-refractivity contribution in [2.24, 2.45) is 0 Å². The molecule has 1 fully saturated rings. The molecule has 0 spiro atoms. The molecule has 1 aliphatic heterocycles. The maximum absolute atomic E-state index is 11.8. The van der Waals surface area contributed by atoms with Gasteiger partial charge in [0, 0.05) is 13.7 Å². The number of aliphatic carboxylic acids is 1. The van der Waals surface area contributed by atoms with Gasteiger partial charge in [-0.25, -0.2) is 13.2 Å². The summed E-state index contributed by atoms with van der Waals surface area (Å²) in [4.78, 5) is 23.8. The molecule has 0 saturated carbocycles. The number of nitrogens with zero attached hydrogens (tertiary/aromatic N) is 1. The van der Waals surface area contributed by atoms with Gasteiger partial charge in [-0.3, -0.25) is 4.79 Å². The predicted molar refractivity (Wildman–Crippen MR) is 62.9 cm³/mol. The molecule has 1 atom stereocenters. The summed E-state index contributed by atoms with van der Waals surface area (Å²) in [6, 6.07) is -0.893. The molecule has 18 heavy (non-hydrogen) atoms. The van der Waals surface area contributed by atoms with Crippen LogP contribution in [0.15, 0.2) is 0 Å². The molecule has 7 nitrogen and oxygen atoms in total. The van der Waals surface area contributed by atoms with Crippen LogP contribution in [0, 0.1) is 0 Å². The number of carbonyl (C=O) groups excluding carboxylic acids is 1. The molecule has 0 bridgehead atoms. The van der Waals surface area contributed by atoms with Crippen molar-refractivity contribution in [2.75, 3.05) is 31.8 Å². The third kappa shape index (κ3) is 3.95. The Bertz CT molecular complexity index is 418. The van der Waals surface area contributed by atoms with Gasteiger partial charge in [0.05, 0.1) is 12.4 Å². The number of carboxylic acids is 1. The van der Waals surface area contributed by atoms with E-state index < -0.39 is 33.5 Å². The van der Waals surface area contributed by atoms with Crippen molar-refractivity contribution in [2.45, 2.75) is 18.9 Å². The van der Waals surface area contributed by atoms with Crippen molar-refractivity contribution in [1.82, 2.24) is 4.90 Å². The zero-order valence-electron chi connectivity index (χ0n) is 10.2. The van der Waals surface area contributed by atoms with Crippen molar-refractivity contribution in [3.8, 4) is 0 Å². The average molecular weight is 279 g/mol. The van der Waals surface area contributed by atoms with E-state index in [0.29, 0.717) is 19.4 Å². The van der Waals surface area contributed by atoms with Crippen LogP contribution >= 0.6 is 0 Å². The fourth-order valence-corrected chi connectivity index (χ4v) is 2.98. The van der Waals surface area contributed by atoms with E-state index in [9.17, 15) is 18.0 Å². The third-order valence-electron chi connectivity index (χ3n) is 2.80. The summed E-state index contributed by atoms with van der Waals surface area (Å²) in [5.41, 5.74) is 0. The number of sulfone groups is 1. The maximum Gasteiger partial charge on any atom is 0.326 e. The predicted octanol–water partition coefficient (Wildman–Crippen LogP) is -0.877. The van der Waals surface area contributed by atoms with E-state index in [0.717, 1.165) is 4.90 Å². The van der Waals surface area contributed by atoms with E-state index in [4.69, 9.17) is 5.11 Å². The number of carbonyl (C=O) groups is 2. The van der Waals surface area contributed by atoms with Gasteiger partial charge in [-0.1, -0.05) is 0 Å².